The van der Waals surface area contributed by atoms with E-state index >= 15 is 0 Å². The molecule has 1 unspecified atom stereocenters. The van der Waals surface area contributed by atoms with Gasteiger partial charge in [0.05, 0.1) is 18.7 Å². The van der Waals surface area contributed by atoms with Crippen molar-refractivity contribution >= 4 is 17.5 Å². The Hall–Kier alpha value is -2.11. The molecule has 1 aromatic rings. The second kappa shape index (κ2) is 6.34. The van der Waals surface area contributed by atoms with E-state index < -0.39 is 0 Å². The monoisotopic (exact) mass is 305 g/mol. The van der Waals surface area contributed by atoms with Crippen LogP contribution in [0.25, 0.3) is 0 Å². The highest BCUT2D eigenvalue weighted by molar-refractivity contribution is 5.91. The van der Waals surface area contributed by atoms with Gasteiger partial charge >= 0.3 is 0 Å². The zero-order valence-corrected chi connectivity index (χ0v) is 13.5. The lowest BCUT2D eigenvalue weighted by Crippen LogP contribution is -2.31. The lowest BCUT2D eigenvalue weighted by molar-refractivity contribution is -0.129. The van der Waals surface area contributed by atoms with E-state index in [0.29, 0.717) is 13.1 Å². The summed E-state index contributed by atoms with van der Waals surface area (Å²) in [4.78, 5) is 25.8. The van der Waals surface area contributed by atoms with Crippen LogP contribution in [-0.4, -0.2) is 29.0 Å². The Morgan fingerprint density at radius 3 is 2.82 bits per heavy atom. The van der Waals surface area contributed by atoms with E-state index in [1.165, 1.54) is 0 Å². The molecule has 22 heavy (non-hydrogen) atoms. The zero-order valence-electron chi connectivity index (χ0n) is 13.5. The maximum atomic E-state index is 12.1. The number of carbonyl (C=O) groups excluding carboxylic acids is 2. The van der Waals surface area contributed by atoms with Crippen LogP contribution in [0.3, 0.4) is 0 Å². The first-order valence-corrected chi connectivity index (χ1v) is 7.42. The SMILES string of the molecule is C/C(=N\NC(=O)C1CC(=O)N(Cc2ccco2)C1)C(C)(C)C. The highest BCUT2D eigenvalue weighted by Crippen LogP contribution is 2.21. The molecule has 1 aliphatic rings. The second-order valence-corrected chi connectivity index (χ2v) is 6.68. The molecule has 0 aliphatic carbocycles. The predicted octanol–water partition coefficient (Wildman–Crippen LogP) is 2.17. The third kappa shape index (κ3) is 3.96. The van der Waals surface area contributed by atoms with Crippen LogP contribution in [0.1, 0.15) is 39.9 Å². The average molecular weight is 305 g/mol. The number of rotatable bonds is 4. The number of hydrazone groups is 1. The van der Waals surface area contributed by atoms with E-state index in [2.05, 4.69) is 10.5 Å². The normalized spacial score (nSPS) is 19.6. The van der Waals surface area contributed by atoms with Gasteiger partial charge in [-0.05, 0) is 19.1 Å². The summed E-state index contributed by atoms with van der Waals surface area (Å²) in [6, 6.07) is 3.60. The van der Waals surface area contributed by atoms with E-state index in [1.54, 1.807) is 17.2 Å². The van der Waals surface area contributed by atoms with Crippen LogP contribution in [0.2, 0.25) is 0 Å². The standard InChI is InChI=1S/C16H23N3O3/c1-11(16(2,3)4)17-18-15(21)12-8-14(20)19(9-12)10-13-6-5-7-22-13/h5-7,12H,8-10H2,1-4H3,(H,18,21)/b17-11+. The van der Waals surface area contributed by atoms with Gasteiger partial charge in [0.15, 0.2) is 0 Å². The molecule has 1 N–H and O–H groups in total. The Morgan fingerprint density at radius 2 is 2.23 bits per heavy atom. The quantitative estimate of drug-likeness (QED) is 0.684. The molecule has 1 aliphatic heterocycles. The van der Waals surface area contributed by atoms with Crippen molar-refractivity contribution < 1.29 is 14.0 Å². The van der Waals surface area contributed by atoms with Crippen LogP contribution in [0.4, 0.5) is 0 Å². The molecule has 0 saturated carbocycles. The minimum atomic E-state index is -0.362. The van der Waals surface area contributed by atoms with Gasteiger partial charge in [-0.3, -0.25) is 9.59 Å². The first kappa shape index (κ1) is 16.3. The Morgan fingerprint density at radius 1 is 1.50 bits per heavy atom. The molecule has 1 fully saturated rings. The number of carbonyl (C=O) groups is 2. The Kier molecular flexibility index (Phi) is 4.68. The van der Waals surface area contributed by atoms with E-state index in [9.17, 15) is 9.59 Å². The van der Waals surface area contributed by atoms with Gasteiger partial charge in [0.2, 0.25) is 11.8 Å². The number of hydrogen-bond acceptors (Lipinski definition) is 4. The predicted molar refractivity (Wildman–Crippen MR) is 82.9 cm³/mol. The molecule has 2 heterocycles. The van der Waals surface area contributed by atoms with Crippen molar-refractivity contribution in [2.45, 2.75) is 40.7 Å². The number of nitrogens with one attached hydrogen (secondary N) is 1. The van der Waals surface area contributed by atoms with Gasteiger partial charge in [0, 0.05) is 24.1 Å². The molecular weight excluding hydrogens is 282 g/mol. The summed E-state index contributed by atoms with van der Waals surface area (Å²) < 4.78 is 5.24. The van der Waals surface area contributed by atoms with Gasteiger partial charge in [0.25, 0.3) is 0 Å². The molecule has 0 bridgehead atoms. The number of nitrogens with zero attached hydrogens (tertiary/aromatic N) is 2. The molecule has 0 radical (unpaired) electrons. The summed E-state index contributed by atoms with van der Waals surface area (Å²) >= 11 is 0. The van der Waals surface area contributed by atoms with Crippen molar-refractivity contribution in [2.24, 2.45) is 16.4 Å². The maximum Gasteiger partial charge on any atom is 0.245 e. The zero-order chi connectivity index (χ0) is 16.3. The van der Waals surface area contributed by atoms with Crippen molar-refractivity contribution in [3.05, 3.63) is 24.2 Å². The lowest BCUT2D eigenvalue weighted by Gasteiger charge is -2.18. The van der Waals surface area contributed by atoms with Gasteiger partial charge in [-0.1, -0.05) is 20.8 Å². The topological polar surface area (TPSA) is 74.9 Å². The fourth-order valence-corrected chi connectivity index (χ4v) is 2.09. The van der Waals surface area contributed by atoms with Gasteiger partial charge < -0.3 is 9.32 Å². The van der Waals surface area contributed by atoms with Crippen molar-refractivity contribution in [2.75, 3.05) is 6.54 Å². The highest BCUT2D eigenvalue weighted by atomic mass is 16.3. The molecule has 2 amide bonds. The molecule has 6 heteroatoms. The van der Waals surface area contributed by atoms with Gasteiger partial charge in [-0.25, -0.2) is 5.43 Å². The summed E-state index contributed by atoms with van der Waals surface area (Å²) in [6.07, 6.45) is 1.79. The van der Waals surface area contributed by atoms with Crippen molar-refractivity contribution in [1.82, 2.24) is 10.3 Å². The largest absolute Gasteiger partial charge is 0.467 e. The molecule has 0 aromatic carbocycles. The van der Waals surface area contributed by atoms with Crippen LogP contribution in [0.15, 0.2) is 27.9 Å². The number of amides is 2. The number of hydrogen-bond donors (Lipinski definition) is 1. The van der Waals surface area contributed by atoms with Gasteiger partial charge in [0.1, 0.15) is 5.76 Å². The van der Waals surface area contributed by atoms with Gasteiger partial charge in [-0.2, -0.15) is 5.10 Å². The summed E-state index contributed by atoms with van der Waals surface area (Å²) in [5.41, 5.74) is 3.33. The fraction of sp³-hybridized carbons (Fsp3) is 0.562. The molecule has 2 rings (SSSR count). The number of likely N-dealkylation sites (tertiary alicyclic amines) is 1. The van der Waals surface area contributed by atoms with E-state index in [0.717, 1.165) is 11.5 Å². The van der Waals surface area contributed by atoms with Gasteiger partial charge in [-0.15, -0.1) is 0 Å². The van der Waals surface area contributed by atoms with E-state index in [-0.39, 0.29) is 29.6 Å². The Balaban J connectivity index is 1.91. The summed E-state index contributed by atoms with van der Waals surface area (Å²) in [5, 5.41) is 4.13. The molecule has 120 valence electrons. The summed E-state index contributed by atoms with van der Waals surface area (Å²) in [6.45, 7) is 8.77. The van der Waals surface area contributed by atoms with E-state index in [4.69, 9.17) is 4.42 Å². The van der Waals surface area contributed by atoms with E-state index in [1.807, 2.05) is 33.8 Å². The first-order valence-electron chi connectivity index (χ1n) is 7.42. The van der Waals surface area contributed by atoms with Crippen LogP contribution in [0.5, 0.6) is 0 Å². The van der Waals surface area contributed by atoms with Crippen LogP contribution in [-0.2, 0) is 16.1 Å². The first-order chi connectivity index (χ1) is 10.3. The fourth-order valence-electron chi connectivity index (χ4n) is 2.09. The summed E-state index contributed by atoms with van der Waals surface area (Å²) in [7, 11) is 0. The van der Waals surface area contributed by atoms with Crippen LogP contribution >= 0.6 is 0 Å². The minimum Gasteiger partial charge on any atom is -0.467 e. The third-order valence-electron chi connectivity index (χ3n) is 3.93. The Bertz CT molecular complexity index is 570. The molecule has 1 saturated heterocycles. The van der Waals surface area contributed by atoms with Crippen LogP contribution in [0, 0.1) is 11.3 Å². The smallest absolute Gasteiger partial charge is 0.245 e. The van der Waals surface area contributed by atoms with Crippen LogP contribution < -0.4 is 5.43 Å². The Labute approximate surface area is 130 Å². The second-order valence-electron chi connectivity index (χ2n) is 6.68. The molecular formula is C16H23N3O3. The molecule has 1 atom stereocenters. The maximum absolute atomic E-state index is 12.1. The number of furan rings is 1. The van der Waals surface area contributed by atoms with Crippen molar-refractivity contribution in [3.63, 3.8) is 0 Å². The lowest BCUT2D eigenvalue weighted by atomic mass is 9.91. The average Bonchev–Trinajstić information content (AvgIpc) is 3.06. The molecule has 6 nitrogen and oxygen atoms in total. The molecule has 1 aromatic heterocycles. The van der Waals surface area contributed by atoms with Crippen molar-refractivity contribution in [3.8, 4) is 0 Å². The third-order valence-corrected chi connectivity index (χ3v) is 3.93. The minimum absolute atomic E-state index is 0.0342. The van der Waals surface area contributed by atoms with Crippen molar-refractivity contribution in [1.29, 1.82) is 0 Å². The summed E-state index contributed by atoms with van der Waals surface area (Å²) in [5.74, 6) is 0.113. The molecule has 0 spiro atoms. The highest BCUT2D eigenvalue weighted by Gasteiger charge is 2.34.